The molecule has 0 bridgehead atoms. The Bertz CT molecular complexity index is 3520. The van der Waals surface area contributed by atoms with Crippen LogP contribution in [-0.4, -0.2) is 19.9 Å². The van der Waals surface area contributed by atoms with E-state index in [0.717, 1.165) is 101 Å². The first-order chi connectivity index (χ1) is 31.7. The summed E-state index contributed by atoms with van der Waals surface area (Å²) in [6.07, 6.45) is 3.60. The quantitative estimate of drug-likeness (QED) is 0.162. The molecule has 0 amide bonds. The van der Waals surface area contributed by atoms with E-state index in [2.05, 4.69) is 180 Å². The molecule has 5 heteroatoms. The van der Waals surface area contributed by atoms with Crippen LogP contribution in [0.25, 0.3) is 89.1 Å². The zero-order chi connectivity index (χ0) is 42.2. The number of hydrogen-bond donors (Lipinski definition) is 0. The molecule has 0 N–H and O–H groups in total. The molecule has 5 heterocycles. The van der Waals surface area contributed by atoms with Gasteiger partial charge in [0.1, 0.15) is 11.5 Å². The Morgan fingerprint density at radius 3 is 1.52 bits per heavy atom. The van der Waals surface area contributed by atoms with E-state index in [1.54, 1.807) is 12.4 Å². The molecule has 1 aliphatic heterocycles. The average molecular weight is 817 g/mol. The number of rotatable bonds is 5. The minimum absolute atomic E-state index is 0.569. The van der Waals surface area contributed by atoms with Crippen LogP contribution in [0.4, 0.5) is 0 Å². The Balaban J connectivity index is 0.940. The van der Waals surface area contributed by atoms with Crippen LogP contribution in [0.5, 0.6) is 11.5 Å². The summed E-state index contributed by atoms with van der Waals surface area (Å²) in [5.41, 5.74) is 17.2. The second kappa shape index (κ2) is 14.3. The van der Waals surface area contributed by atoms with Gasteiger partial charge in [0, 0.05) is 34.5 Å². The maximum Gasteiger partial charge on any atom is 0.142 e. The fourth-order valence-electron chi connectivity index (χ4n) is 10.2. The van der Waals surface area contributed by atoms with Crippen LogP contribution in [0.2, 0.25) is 0 Å². The van der Waals surface area contributed by atoms with Crippen LogP contribution in [0.3, 0.4) is 0 Å². The number of aromatic nitrogens is 4. The highest BCUT2D eigenvalue weighted by Crippen LogP contribution is 2.63. The number of para-hydroxylation sites is 2. The SMILES string of the molecule is c1ccc(-c2cc(-c3ccc(-c4ccc(-c5nc6ccccc6c6ccc7c(c56)Oc5ccccc5C75c6ccccc6-c6ccccc65)cc4)cc3)cc(-c3ccccn3)n2)nc1. The second-order valence-electron chi connectivity index (χ2n) is 16.5. The summed E-state index contributed by atoms with van der Waals surface area (Å²) in [6, 6.07) is 72.9. The maximum absolute atomic E-state index is 7.17. The number of ether oxygens (including phenoxy) is 1. The van der Waals surface area contributed by atoms with Gasteiger partial charge in [-0.2, -0.15) is 0 Å². The van der Waals surface area contributed by atoms with E-state index in [9.17, 15) is 0 Å². The van der Waals surface area contributed by atoms with Crippen LogP contribution >= 0.6 is 0 Å². The highest BCUT2D eigenvalue weighted by atomic mass is 16.5. The molecule has 1 aliphatic carbocycles. The number of benzene rings is 7. The first-order valence-electron chi connectivity index (χ1n) is 21.6. The molecule has 7 aromatic carbocycles. The van der Waals surface area contributed by atoms with Crippen molar-refractivity contribution in [2.24, 2.45) is 0 Å². The fourth-order valence-corrected chi connectivity index (χ4v) is 10.2. The molecule has 0 radical (unpaired) electrons. The number of hydrogen-bond acceptors (Lipinski definition) is 5. The second-order valence-corrected chi connectivity index (χ2v) is 16.5. The van der Waals surface area contributed by atoms with E-state index in [1.807, 2.05) is 36.4 Å². The van der Waals surface area contributed by atoms with E-state index in [0.29, 0.717) is 0 Å². The molecular weight excluding hydrogens is 781 g/mol. The lowest BCUT2D eigenvalue weighted by Gasteiger charge is -2.40. The zero-order valence-electron chi connectivity index (χ0n) is 34.5. The van der Waals surface area contributed by atoms with Crippen LogP contribution in [0.15, 0.2) is 219 Å². The number of nitrogens with zero attached hydrogens (tertiary/aromatic N) is 4. The Labute approximate surface area is 370 Å². The van der Waals surface area contributed by atoms with E-state index >= 15 is 0 Å². The van der Waals surface area contributed by atoms with Crippen molar-refractivity contribution in [3.05, 3.63) is 241 Å². The van der Waals surface area contributed by atoms with Gasteiger partial charge in [-0.15, -0.1) is 0 Å². The fraction of sp³-hybridized carbons (Fsp3) is 0.0169. The van der Waals surface area contributed by atoms with Gasteiger partial charge in [0.15, 0.2) is 0 Å². The van der Waals surface area contributed by atoms with Gasteiger partial charge in [0.2, 0.25) is 0 Å². The lowest BCUT2D eigenvalue weighted by molar-refractivity contribution is 0.442. The molecule has 0 unspecified atom stereocenters. The third-order valence-corrected chi connectivity index (χ3v) is 13.1. The normalized spacial score (nSPS) is 12.9. The smallest absolute Gasteiger partial charge is 0.142 e. The van der Waals surface area contributed by atoms with Gasteiger partial charge in [0.05, 0.1) is 44.8 Å². The molecule has 64 heavy (non-hydrogen) atoms. The summed E-state index contributed by atoms with van der Waals surface area (Å²) < 4.78 is 7.17. The van der Waals surface area contributed by atoms with E-state index < -0.39 is 5.41 Å². The summed E-state index contributed by atoms with van der Waals surface area (Å²) >= 11 is 0. The third-order valence-electron chi connectivity index (χ3n) is 13.1. The van der Waals surface area contributed by atoms with E-state index in [4.69, 9.17) is 14.7 Å². The first kappa shape index (κ1) is 36.1. The molecular formula is C59H36N4O. The standard InChI is InChI=1S/C59H36N4O/c1-4-16-46-42(13-1)43-14-2-5-17-47(43)59(46)48-18-6-8-22-55(48)64-58-49(59)32-31-45-44-15-3-7-19-50(44)63-57(56(45)58)40-29-27-38(28-30-40)37-23-25-39(26-24-37)41-35-53(51-20-9-11-33-60-51)62-54(36-41)52-21-10-12-34-61-52/h1-36H. The largest absolute Gasteiger partial charge is 0.456 e. The molecule has 2 aliphatic rings. The van der Waals surface area contributed by atoms with Gasteiger partial charge >= 0.3 is 0 Å². The van der Waals surface area contributed by atoms with Gasteiger partial charge in [-0.1, -0.05) is 158 Å². The van der Waals surface area contributed by atoms with Crippen molar-refractivity contribution in [2.75, 3.05) is 0 Å². The molecule has 4 aromatic heterocycles. The van der Waals surface area contributed by atoms with Gasteiger partial charge < -0.3 is 4.74 Å². The monoisotopic (exact) mass is 816 g/mol. The van der Waals surface area contributed by atoms with Gasteiger partial charge in [-0.3, -0.25) is 9.97 Å². The molecule has 0 fully saturated rings. The highest BCUT2D eigenvalue weighted by molar-refractivity contribution is 6.14. The Morgan fingerprint density at radius 2 is 0.891 bits per heavy atom. The molecule has 1 spiro atoms. The third kappa shape index (κ3) is 5.44. The summed E-state index contributed by atoms with van der Waals surface area (Å²) in [6.45, 7) is 0. The topological polar surface area (TPSA) is 60.8 Å². The van der Waals surface area contributed by atoms with Crippen LogP contribution in [-0.2, 0) is 5.41 Å². The number of pyridine rings is 4. The van der Waals surface area contributed by atoms with Crippen molar-refractivity contribution in [2.45, 2.75) is 5.41 Å². The van der Waals surface area contributed by atoms with Crippen molar-refractivity contribution in [1.82, 2.24) is 19.9 Å². The van der Waals surface area contributed by atoms with Crippen molar-refractivity contribution >= 4 is 21.7 Å². The average Bonchev–Trinajstić information content (AvgIpc) is 3.67. The molecule has 5 nitrogen and oxygen atoms in total. The minimum Gasteiger partial charge on any atom is -0.456 e. The molecule has 0 saturated heterocycles. The predicted octanol–water partition coefficient (Wildman–Crippen LogP) is 14.4. The lowest BCUT2D eigenvalue weighted by atomic mass is 9.65. The molecule has 0 saturated carbocycles. The summed E-state index contributed by atoms with van der Waals surface area (Å²) in [5.74, 6) is 1.71. The lowest BCUT2D eigenvalue weighted by Crippen LogP contribution is -2.32. The van der Waals surface area contributed by atoms with Crippen LogP contribution in [0.1, 0.15) is 22.3 Å². The zero-order valence-corrected chi connectivity index (χ0v) is 34.5. The van der Waals surface area contributed by atoms with Crippen molar-refractivity contribution in [3.8, 4) is 78.9 Å². The Hall–Kier alpha value is -8.54. The Kier molecular flexibility index (Phi) is 8.06. The highest BCUT2D eigenvalue weighted by Gasteiger charge is 2.51. The van der Waals surface area contributed by atoms with Crippen molar-refractivity contribution in [1.29, 1.82) is 0 Å². The molecule has 0 atom stereocenters. The molecule has 13 rings (SSSR count). The number of fused-ring (bicyclic) bond motifs is 13. The van der Waals surface area contributed by atoms with E-state index in [-0.39, 0.29) is 0 Å². The molecule has 11 aromatic rings. The van der Waals surface area contributed by atoms with Gasteiger partial charge in [-0.25, -0.2) is 9.97 Å². The minimum atomic E-state index is -0.569. The van der Waals surface area contributed by atoms with Crippen LogP contribution < -0.4 is 4.74 Å². The summed E-state index contributed by atoms with van der Waals surface area (Å²) in [5, 5.41) is 3.22. The van der Waals surface area contributed by atoms with Gasteiger partial charge in [0.25, 0.3) is 0 Å². The van der Waals surface area contributed by atoms with Crippen molar-refractivity contribution < 1.29 is 4.74 Å². The van der Waals surface area contributed by atoms with Crippen LogP contribution in [0, 0.1) is 0 Å². The summed E-state index contributed by atoms with van der Waals surface area (Å²) in [4.78, 5) is 19.6. The summed E-state index contributed by atoms with van der Waals surface area (Å²) in [7, 11) is 0. The predicted molar refractivity (Wildman–Crippen MR) is 257 cm³/mol. The Morgan fingerprint density at radius 1 is 0.359 bits per heavy atom. The van der Waals surface area contributed by atoms with Crippen molar-refractivity contribution in [3.63, 3.8) is 0 Å². The maximum atomic E-state index is 7.17. The molecule has 298 valence electrons. The first-order valence-corrected chi connectivity index (χ1v) is 21.6. The van der Waals surface area contributed by atoms with Gasteiger partial charge in [-0.05, 0) is 98.4 Å². The van der Waals surface area contributed by atoms with E-state index in [1.165, 1.54) is 22.3 Å².